The van der Waals surface area contributed by atoms with Crippen molar-refractivity contribution in [3.05, 3.63) is 63.9 Å². The minimum absolute atomic E-state index is 0.0547. The van der Waals surface area contributed by atoms with Crippen LogP contribution in [0, 0.1) is 5.82 Å². The average molecular weight is 356 g/mol. The van der Waals surface area contributed by atoms with E-state index < -0.39 is 11.9 Å². The van der Waals surface area contributed by atoms with Crippen molar-refractivity contribution in [2.24, 2.45) is 0 Å². The van der Waals surface area contributed by atoms with Gasteiger partial charge in [0.2, 0.25) is 0 Å². The summed E-state index contributed by atoms with van der Waals surface area (Å²) in [5.41, 5.74) is 0.741. The molecule has 0 aromatic heterocycles. The molecule has 0 radical (unpaired) electrons. The molecule has 0 heterocycles. The van der Waals surface area contributed by atoms with Crippen molar-refractivity contribution in [3.63, 3.8) is 0 Å². The van der Waals surface area contributed by atoms with Gasteiger partial charge in [-0.15, -0.1) is 0 Å². The molecule has 122 valence electrons. The number of carbonyl (C=O) groups excluding carboxylic acids is 1. The van der Waals surface area contributed by atoms with Gasteiger partial charge in [0.25, 0.3) is 5.91 Å². The number of halogens is 3. The van der Waals surface area contributed by atoms with Crippen molar-refractivity contribution >= 4 is 29.1 Å². The summed E-state index contributed by atoms with van der Waals surface area (Å²) in [6.07, 6.45) is -0.368. The highest BCUT2D eigenvalue weighted by Crippen LogP contribution is 2.21. The molecule has 0 saturated heterocycles. The number of benzene rings is 2. The van der Waals surface area contributed by atoms with Gasteiger partial charge >= 0.3 is 0 Å². The lowest BCUT2D eigenvalue weighted by Gasteiger charge is -2.18. The number of carbonyl (C=O) groups is 1. The quantitative estimate of drug-likeness (QED) is 0.821. The third kappa shape index (κ3) is 4.85. The number of nitrogens with one attached hydrogen (secondary N) is 1. The van der Waals surface area contributed by atoms with Crippen LogP contribution in [0.1, 0.15) is 18.9 Å². The molecule has 0 fully saturated rings. The predicted octanol–water partition coefficient (Wildman–Crippen LogP) is 4.61. The molecule has 23 heavy (non-hydrogen) atoms. The number of hydrogen-bond donors (Lipinski definition) is 1. The molecule has 0 aliphatic carbocycles. The van der Waals surface area contributed by atoms with Crippen LogP contribution in [-0.4, -0.2) is 12.0 Å². The van der Waals surface area contributed by atoms with E-state index in [0.29, 0.717) is 16.5 Å². The highest BCUT2D eigenvalue weighted by molar-refractivity contribution is 6.35. The maximum atomic E-state index is 13.6. The zero-order valence-electron chi connectivity index (χ0n) is 12.5. The van der Waals surface area contributed by atoms with E-state index in [2.05, 4.69) is 5.32 Å². The molecule has 0 aliphatic heterocycles. The summed E-state index contributed by atoms with van der Waals surface area (Å²) in [6.45, 7) is 2.03. The highest BCUT2D eigenvalue weighted by atomic mass is 35.5. The summed E-state index contributed by atoms with van der Waals surface area (Å²) in [7, 11) is 0. The Labute approximate surface area is 144 Å². The fraction of sp³-hybridized carbons (Fsp3) is 0.235. The normalized spacial score (nSPS) is 11.8. The molecule has 0 unspecified atom stereocenters. The van der Waals surface area contributed by atoms with Crippen molar-refractivity contribution in [2.75, 3.05) is 0 Å². The zero-order valence-corrected chi connectivity index (χ0v) is 14.0. The number of hydrogen-bond acceptors (Lipinski definition) is 2. The Balaban J connectivity index is 1.99. The first kappa shape index (κ1) is 17.6. The molecule has 0 bridgehead atoms. The lowest BCUT2D eigenvalue weighted by atomic mass is 10.2. The molecule has 1 atom stereocenters. The van der Waals surface area contributed by atoms with Crippen LogP contribution in [-0.2, 0) is 11.3 Å². The fourth-order valence-corrected chi connectivity index (χ4v) is 2.45. The second-order valence-electron chi connectivity index (χ2n) is 4.90. The Kier molecular flexibility index (Phi) is 6.25. The van der Waals surface area contributed by atoms with Crippen LogP contribution in [0.15, 0.2) is 42.5 Å². The summed E-state index contributed by atoms with van der Waals surface area (Å²) in [4.78, 5) is 12.2. The van der Waals surface area contributed by atoms with Crippen molar-refractivity contribution in [2.45, 2.75) is 26.0 Å². The number of ether oxygens (including phenoxy) is 1. The third-order valence-electron chi connectivity index (χ3n) is 3.24. The van der Waals surface area contributed by atoms with Gasteiger partial charge in [0, 0.05) is 16.6 Å². The Morgan fingerprint density at radius 2 is 2.00 bits per heavy atom. The maximum absolute atomic E-state index is 13.6. The van der Waals surface area contributed by atoms with Gasteiger partial charge in [-0.25, -0.2) is 4.39 Å². The lowest BCUT2D eigenvalue weighted by Crippen LogP contribution is -2.37. The van der Waals surface area contributed by atoms with Gasteiger partial charge < -0.3 is 10.1 Å². The number of amides is 1. The Hall–Kier alpha value is -1.78. The molecular weight excluding hydrogens is 340 g/mol. The van der Waals surface area contributed by atoms with Gasteiger partial charge in [0.05, 0.1) is 0 Å². The summed E-state index contributed by atoms with van der Waals surface area (Å²) >= 11 is 11.9. The molecule has 2 aromatic carbocycles. The molecule has 6 heteroatoms. The first-order valence-corrected chi connectivity index (χ1v) is 7.89. The monoisotopic (exact) mass is 355 g/mol. The number of para-hydroxylation sites is 1. The first-order chi connectivity index (χ1) is 11.0. The SMILES string of the molecule is CC[C@H](Oc1ccccc1F)C(=O)NCc1ccc(Cl)cc1Cl. The van der Waals surface area contributed by atoms with Crippen LogP contribution in [0.5, 0.6) is 5.75 Å². The first-order valence-electron chi connectivity index (χ1n) is 7.14. The topological polar surface area (TPSA) is 38.3 Å². The maximum Gasteiger partial charge on any atom is 0.261 e. The molecular formula is C17H16Cl2FNO2. The van der Waals surface area contributed by atoms with E-state index in [-0.39, 0.29) is 18.2 Å². The summed E-state index contributed by atoms with van der Waals surface area (Å²) in [6, 6.07) is 11.0. The summed E-state index contributed by atoms with van der Waals surface area (Å²) in [5, 5.41) is 3.74. The van der Waals surface area contributed by atoms with Crippen LogP contribution >= 0.6 is 23.2 Å². The van der Waals surface area contributed by atoms with E-state index in [1.165, 1.54) is 12.1 Å². The van der Waals surface area contributed by atoms with Gasteiger partial charge in [0.15, 0.2) is 17.7 Å². The molecule has 1 amide bonds. The number of rotatable bonds is 6. The molecule has 0 aliphatic rings. The van der Waals surface area contributed by atoms with E-state index in [9.17, 15) is 9.18 Å². The highest BCUT2D eigenvalue weighted by Gasteiger charge is 2.19. The largest absolute Gasteiger partial charge is 0.478 e. The van der Waals surface area contributed by atoms with Crippen LogP contribution in [0.4, 0.5) is 4.39 Å². The predicted molar refractivity (Wildman–Crippen MR) is 89.4 cm³/mol. The average Bonchev–Trinajstić information content (AvgIpc) is 2.53. The third-order valence-corrected chi connectivity index (χ3v) is 3.82. The van der Waals surface area contributed by atoms with Crippen LogP contribution in [0.3, 0.4) is 0 Å². The standard InChI is InChI=1S/C17H16Cl2FNO2/c1-2-15(23-16-6-4-3-5-14(16)20)17(22)21-10-11-7-8-12(18)9-13(11)19/h3-9,15H,2,10H2,1H3,(H,21,22)/t15-/m0/s1. The van der Waals surface area contributed by atoms with Crippen molar-refractivity contribution in [1.29, 1.82) is 0 Å². The minimum atomic E-state index is -0.780. The second kappa shape index (κ2) is 8.18. The lowest BCUT2D eigenvalue weighted by molar-refractivity contribution is -0.128. The van der Waals surface area contributed by atoms with Gasteiger partial charge in [-0.3, -0.25) is 4.79 Å². The van der Waals surface area contributed by atoms with Crippen molar-refractivity contribution in [1.82, 2.24) is 5.32 Å². The Bertz CT molecular complexity index is 694. The van der Waals surface area contributed by atoms with E-state index in [0.717, 1.165) is 5.56 Å². The Morgan fingerprint density at radius 3 is 2.65 bits per heavy atom. The second-order valence-corrected chi connectivity index (χ2v) is 5.74. The van der Waals surface area contributed by atoms with E-state index >= 15 is 0 Å². The molecule has 0 spiro atoms. The minimum Gasteiger partial charge on any atom is -0.478 e. The molecule has 1 N–H and O–H groups in total. The van der Waals surface area contributed by atoms with E-state index in [4.69, 9.17) is 27.9 Å². The zero-order chi connectivity index (χ0) is 16.8. The summed E-state index contributed by atoms with van der Waals surface area (Å²) in [5.74, 6) is -0.778. The van der Waals surface area contributed by atoms with Gasteiger partial charge in [-0.1, -0.05) is 48.3 Å². The fourth-order valence-electron chi connectivity index (χ4n) is 1.98. The van der Waals surface area contributed by atoms with Crippen molar-refractivity contribution < 1.29 is 13.9 Å². The smallest absolute Gasteiger partial charge is 0.261 e. The van der Waals surface area contributed by atoms with Crippen molar-refractivity contribution in [3.8, 4) is 5.75 Å². The molecule has 2 aromatic rings. The van der Waals surface area contributed by atoms with Crippen LogP contribution < -0.4 is 10.1 Å². The van der Waals surface area contributed by atoms with Gasteiger partial charge in [0.1, 0.15) is 0 Å². The van der Waals surface area contributed by atoms with Crippen LogP contribution in [0.2, 0.25) is 10.0 Å². The van der Waals surface area contributed by atoms with E-state index in [1.807, 2.05) is 0 Å². The van der Waals surface area contributed by atoms with E-state index in [1.54, 1.807) is 37.3 Å². The molecule has 0 saturated carbocycles. The summed E-state index contributed by atoms with van der Waals surface area (Å²) < 4.78 is 19.1. The Morgan fingerprint density at radius 1 is 1.26 bits per heavy atom. The molecule has 2 rings (SSSR count). The van der Waals surface area contributed by atoms with Gasteiger partial charge in [-0.2, -0.15) is 0 Å². The van der Waals surface area contributed by atoms with Crippen LogP contribution in [0.25, 0.3) is 0 Å². The molecule has 3 nitrogen and oxygen atoms in total. The van der Waals surface area contributed by atoms with Gasteiger partial charge in [-0.05, 0) is 36.2 Å².